The predicted molar refractivity (Wildman–Crippen MR) is 131 cm³/mol. The number of urea groups is 1. The van der Waals surface area contributed by atoms with Crippen LogP contribution < -0.4 is 26.4 Å². The van der Waals surface area contributed by atoms with Crippen molar-refractivity contribution in [1.29, 1.82) is 0 Å². The number of hydrogen-bond donors (Lipinski definition) is 4. The number of likely N-dealkylation sites (tertiary alicyclic amines) is 1. The molecule has 3 aromatic rings. The first kappa shape index (κ1) is 23.0. The lowest BCUT2D eigenvalue weighted by Gasteiger charge is -2.32. The Morgan fingerprint density at radius 3 is 2.91 bits per heavy atom. The number of aromatic nitrogens is 2. The Kier molecular flexibility index (Phi) is 6.01. The summed E-state index contributed by atoms with van der Waals surface area (Å²) in [6.07, 6.45) is 2.34. The summed E-state index contributed by atoms with van der Waals surface area (Å²) in [5, 5.41) is 9.58. The number of nitrogens with one attached hydrogen (secondary N) is 3. The SMILES string of the molecule is Cc1c(-c2cc3cc(NC(=O)NC4CCN(C)CC4F)ncc3c(N)c2F)cnc2c1NCCO2. The molecule has 2 aliphatic heterocycles. The van der Waals surface area contributed by atoms with Gasteiger partial charge in [0, 0.05) is 48.5 Å². The molecule has 2 unspecified atom stereocenters. The lowest BCUT2D eigenvalue weighted by atomic mass is 9.97. The average Bonchev–Trinajstić information content (AvgIpc) is 2.84. The quantitative estimate of drug-likeness (QED) is 0.422. The molecule has 4 heterocycles. The molecule has 9 nitrogen and oxygen atoms in total. The number of carbonyl (C=O) groups excluding carboxylic acids is 1. The highest BCUT2D eigenvalue weighted by atomic mass is 19.1. The summed E-state index contributed by atoms with van der Waals surface area (Å²) < 4.78 is 35.1. The number of fused-ring (bicyclic) bond motifs is 2. The number of halogens is 2. The van der Waals surface area contributed by atoms with Gasteiger partial charge in [-0.2, -0.15) is 0 Å². The molecule has 0 radical (unpaired) electrons. The lowest BCUT2D eigenvalue weighted by Crippen LogP contribution is -2.52. The van der Waals surface area contributed by atoms with Crippen molar-refractivity contribution in [3.8, 4) is 17.0 Å². The summed E-state index contributed by atoms with van der Waals surface area (Å²) in [5.74, 6) is 0.148. The van der Waals surface area contributed by atoms with Crippen molar-refractivity contribution in [2.75, 3.05) is 49.7 Å². The van der Waals surface area contributed by atoms with Crippen LogP contribution >= 0.6 is 0 Å². The van der Waals surface area contributed by atoms with Gasteiger partial charge in [0.25, 0.3) is 0 Å². The van der Waals surface area contributed by atoms with Crippen LogP contribution in [0.4, 0.5) is 30.8 Å². The van der Waals surface area contributed by atoms with Crippen molar-refractivity contribution in [1.82, 2.24) is 20.2 Å². The van der Waals surface area contributed by atoms with Gasteiger partial charge >= 0.3 is 6.03 Å². The van der Waals surface area contributed by atoms with Crippen molar-refractivity contribution in [3.63, 3.8) is 0 Å². The van der Waals surface area contributed by atoms with E-state index in [0.29, 0.717) is 48.3 Å². The number of amides is 2. The molecule has 2 atom stereocenters. The van der Waals surface area contributed by atoms with Crippen molar-refractivity contribution in [3.05, 3.63) is 35.9 Å². The van der Waals surface area contributed by atoms with E-state index in [2.05, 4.69) is 25.9 Å². The first-order valence-corrected chi connectivity index (χ1v) is 11.5. The maximum Gasteiger partial charge on any atom is 0.320 e. The fraction of sp³-hybridized carbons (Fsp3) is 0.375. The van der Waals surface area contributed by atoms with Crippen LogP contribution in [0.1, 0.15) is 12.0 Å². The number of nitrogens with two attached hydrogens (primary N) is 1. The zero-order valence-electron chi connectivity index (χ0n) is 19.5. The molecule has 5 N–H and O–H groups in total. The second-order valence-corrected chi connectivity index (χ2v) is 8.97. The fourth-order valence-electron chi connectivity index (χ4n) is 4.59. The molecule has 1 saturated heterocycles. The van der Waals surface area contributed by atoms with Gasteiger partial charge in [-0.1, -0.05) is 0 Å². The Hall–Kier alpha value is -3.73. The summed E-state index contributed by atoms with van der Waals surface area (Å²) in [5.41, 5.74) is 8.45. The minimum Gasteiger partial charge on any atom is -0.474 e. The van der Waals surface area contributed by atoms with Crippen LogP contribution in [0.5, 0.6) is 5.88 Å². The molecule has 1 fully saturated rings. The van der Waals surface area contributed by atoms with E-state index in [1.807, 2.05) is 18.9 Å². The highest BCUT2D eigenvalue weighted by molar-refractivity contribution is 6.00. The minimum atomic E-state index is -1.15. The van der Waals surface area contributed by atoms with E-state index < -0.39 is 24.1 Å². The van der Waals surface area contributed by atoms with E-state index >= 15 is 4.39 Å². The molecule has 184 valence electrons. The Morgan fingerprint density at radius 1 is 1.29 bits per heavy atom. The number of alkyl halides is 1. The lowest BCUT2D eigenvalue weighted by molar-refractivity contribution is 0.127. The first-order valence-electron chi connectivity index (χ1n) is 11.5. The van der Waals surface area contributed by atoms with Gasteiger partial charge in [0.2, 0.25) is 5.88 Å². The molecule has 5 rings (SSSR count). The van der Waals surface area contributed by atoms with Gasteiger partial charge in [-0.3, -0.25) is 5.32 Å². The fourth-order valence-corrected chi connectivity index (χ4v) is 4.59. The smallest absolute Gasteiger partial charge is 0.320 e. The van der Waals surface area contributed by atoms with Crippen molar-refractivity contribution in [2.24, 2.45) is 0 Å². The Labute approximate surface area is 201 Å². The molecule has 2 aromatic heterocycles. The van der Waals surface area contributed by atoms with Crippen molar-refractivity contribution >= 4 is 34.0 Å². The molecule has 0 aliphatic carbocycles. The van der Waals surface area contributed by atoms with Crippen molar-refractivity contribution in [2.45, 2.75) is 25.6 Å². The molecule has 0 spiro atoms. The van der Waals surface area contributed by atoms with Crippen LogP contribution in [0.3, 0.4) is 0 Å². The third kappa shape index (κ3) is 4.39. The average molecular weight is 484 g/mol. The van der Waals surface area contributed by atoms with E-state index in [1.54, 1.807) is 18.3 Å². The summed E-state index contributed by atoms with van der Waals surface area (Å²) in [6.45, 7) is 3.97. The molecule has 0 bridgehead atoms. The van der Waals surface area contributed by atoms with Crippen LogP contribution in [0.15, 0.2) is 24.5 Å². The summed E-state index contributed by atoms with van der Waals surface area (Å²) >= 11 is 0. The van der Waals surface area contributed by atoms with Crippen molar-refractivity contribution < 1.29 is 18.3 Å². The Bertz CT molecular complexity index is 1300. The van der Waals surface area contributed by atoms with Gasteiger partial charge in [0.1, 0.15) is 24.3 Å². The minimum absolute atomic E-state index is 0.0473. The predicted octanol–water partition coefficient (Wildman–Crippen LogP) is 3.29. The standard InChI is InChI=1S/C24H27F2N7O2/c1-12-15(9-30-23-22(12)28-4-6-35-23)14-7-13-8-19(29-10-16(13)21(27)20(14)26)32-24(34)31-18-3-5-33(2)11-17(18)25/h7-10,17-18,28H,3-6,11,27H2,1-2H3,(H2,29,31,32,34). The molecule has 2 amide bonds. The number of anilines is 3. The summed E-state index contributed by atoms with van der Waals surface area (Å²) in [6, 6.07) is 2.14. The number of pyridine rings is 2. The van der Waals surface area contributed by atoms with Crippen LogP contribution in [-0.4, -0.2) is 66.4 Å². The Balaban J connectivity index is 1.43. The van der Waals surface area contributed by atoms with Gasteiger partial charge in [-0.15, -0.1) is 0 Å². The van der Waals surface area contributed by atoms with Gasteiger partial charge in [-0.05, 0) is 43.5 Å². The Morgan fingerprint density at radius 2 is 2.11 bits per heavy atom. The topological polar surface area (TPSA) is 117 Å². The number of benzene rings is 1. The first-order chi connectivity index (χ1) is 16.8. The van der Waals surface area contributed by atoms with Gasteiger partial charge < -0.3 is 26.0 Å². The second-order valence-electron chi connectivity index (χ2n) is 8.97. The molecule has 0 saturated carbocycles. The largest absolute Gasteiger partial charge is 0.474 e. The molecule has 35 heavy (non-hydrogen) atoms. The number of ether oxygens (including phenoxy) is 1. The zero-order chi connectivity index (χ0) is 24.7. The summed E-state index contributed by atoms with van der Waals surface area (Å²) in [4.78, 5) is 22.9. The van der Waals surface area contributed by atoms with Gasteiger partial charge in [-0.25, -0.2) is 23.5 Å². The maximum atomic E-state index is 15.3. The number of nitrogens with zero attached hydrogens (tertiary/aromatic N) is 3. The summed E-state index contributed by atoms with van der Waals surface area (Å²) in [7, 11) is 1.84. The van der Waals surface area contributed by atoms with Crippen LogP contribution in [-0.2, 0) is 0 Å². The molecule has 11 heteroatoms. The van der Waals surface area contributed by atoms with Crippen LogP contribution in [0.2, 0.25) is 0 Å². The highest BCUT2D eigenvalue weighted by Gasteiger charge is 2.29. The molecule has 2 aliphatic rings. The monoisotopic (exact) mass is 483 g/mol. The third-order valence-corrected chi connectivity index (χ3v) is 6.54. The van der Waals surface area contributed by atoms with Gasteiger partial charge in [0.05, 0.1) is 11.7 Å². The number of hydrogen-bond acceptors (Lipinski definition) is 7. The maximum absolute atomic E-state index is 15.3. The molecular formula is C24H27F2N7O2. The van der Waals surface area contributed by atoms with Crippen LogP contribution in [0.25, 0.3) is 21.9 Å². The van der Waals surface area contributed by atoms with Crippen LogP contribution in [0, 0.1) is 12.7 Å². The molecular weight excluding hydrogens is 456 g/mol. The zero-order valence-corrected chi connectivity index (χ0v) is 19.5. The molecule has 1 aromatic carbocycles. The third-order valence-electron chi connectivity index (χ3n) is 6.54. The van der Waals surface area contributed by atoms with Gasteiger partial charge in [0.15, 0.2) is 5.82 Å². The number of carbonyl (C=O) groups is 1. The second kappa shape index (κ2) is 9.14. The normalized spacial score (nSPS) is 20.0. The van der Waals surface area contributed by atoms with E-state index in [4.69, 9.17) is 10.5 Å². The van der Waals surface area contributed by atoms with E-state index in [0.717, 1.165) is 11.3 Å². The van der Waals surface area contributed by atoms with E-state index in [9.17, 15) is 9.18 Å². The van der Waals surface area contributed by atoms with E-state index in [-0.39, 0.29) is 23.6 Å². The highest BCUT2D eigenvalue weighted by Crippen LogP contribution is 2.39. The number of piperidine rings is 1. The van der Waals surface area contributed by atoms with E-state index in [1.165, 1.54) is 6.20 Å². The number of rotatable bonds is 3. The number of nitrogen functional groups attached to an aromatic ring is 1.